The number of hydrogen-bond donors (Lipinski definition) is 2. The zero-order valence-corrected chi connectivity index (χ0v) is 11.7. The van der Waals surface area contributed by atoms with Gasteiger partial charge in [-0.05, 0) is 18.2 Å². The molecule has 0 saturated carbocycles. The number of aromatic nitrogens is 2. The zero-order valence-electron chi connectivity index (χ0n) is 11.7. The quantitative estimate of drug-likeness (QED) is 0.904. The van der Waals surface area contributed by atoms with Gasteiger partial charge in [-0.3, -0.25) is 4.79 Å². The van der Waals surface area contributed by atoms with Gasteiger partial charge in [-0.2, -0.15) is 18.3 Å². The predicted octanol–water partition coefficient (Wildman–Crippen LogP) is 1.88. The van der Waals surface area contributed by atoms with Gasteiger partial charge in [0, 0.05) is 30.9 Å². The van der Waals surface area contributed by atoms with Crippen LogP contribution < -0.4 is 10.5 Å². The molecule has 0 aliphatic carbocycles. The first kappa shape index (κ1) is 16.0. The Hall–Kier alpha value is -2.35. The van der Waals surface area contributed by atoms with Gasteiger partial charge in [-0.25, -0.2) is 5.10 Å². The first-order valence-corrected chi connectivity index (χ1v) is 6.42. The summed E-state index contributed by atoms with van der Waals surface area (Å²) in [5.41, 5.74) is -0.811. The molecule has 22 heavy (non-hydrogen) atoms. The number of nitrogens with zero attached hydrogens (tertiary/aromatic N) is 2. The number of H-pyrrole nitrogens is 1. The Morgan fingerprint density at radius 3 is 2.55 bits per heavy atom. The Morgan fingerprint density at radius 2 is 2.00 bits per heavy atom. The van der Waals surface area contributed by atoms with E-state index in [9.17, 15) is 18.0 Å². The normalized spacial score (nSPS) is 11.5. The van der Waals surface area contributed by atoms with E-state index >= 15 is 0 Å². The molecule has 1 aromatic carbocycles. The minimum atomic E-state index is -4.54. The topological polar surface area (TPSA) is 69.2 Å². The van der Waals surface area contributed by atoms with Gasteiger partial charge in [0.05, 0.1) is 17.9 Å². The van der Waals surface area contributed by atoms with Crippen molar-refractivity contribution in [3.05, 3.63) is 46.2 Å². The second-order valence-corrected chi connectivity index (χ2v) is 4.68. The minimum Gasteiger partial charge on any atom is -0.395 e. The van der Waals surface area contributed by atoms with E-state index in [1.807, 2.05) is 0 Å². The zero-order chi connectivity index (χ0) is 16.3. The van der Waals surface area contributed by atoms with E-state index in [-0.39, 0.29) is 30.1 Å². The van der Waals surface area contributed by atoms with Crippen molar-refractivity contribution in [3.8, 4) is 11.3 Å². The van der Waals surface area contributed by atoms with Crippen molar-refractivity contribution < 1.29 is 18.3 Å². The number of halogens is 3. The highest BCUT2D eigenvalue weighted by Gasteiger charge is 2.34. The number of likely N-dealkylation sites (N-methyl/N-ethyl adjacent to an activating group) is 1. The van der Waals surface area contributed by atoms with Crippen LogP contribution in [0.2, 0.25) is 0 Å². The van der Waals surface area contributed by atoms with Gasteiger partial charge in [0.15, 0.2) is 0 Å². The monoisotopic (exact) mass is 313 g/mol. The van der Waals surface area contributed by atoms with Crippen LogP contribution in [0, 0.1) is 0 Å². The third-order valence-corrected chi connectivity index (χ3v) is 3.12. The van der Waals surface area contributed by atoms with Crippen molar-refractivity contribution >= 4 is 5.69 Å². The molecule has 1 heterocycles. The fourth-order valence-electron chi connectivity index (χ4n) is 2.03. The van der Waals surface area contributed by atoms with E-state index in [1.165, 1.54) is 36.2 Å². The lowest BCUT2D eigenvalue weighted by Gasteiger charge is -2.23. The van der Waals surface area contributed by atoms with E-state index in [2.05, 4.69) is 10.2 Å². The maximum absolute atomic E-state index is 13.2. The summed E-state index contributed by atoms with van der Waals surface area (Å²) in [6, 6.07) is 6.33. The van der Waals surface area contributed by atoms with Crippen LogP contribution in [0.25, 0.3) is 11.3 Å². The number of benzene rings is 1. The van der Waals surface area contributed by atoms with Crippen molar-refractivity contribution in [1.29, 1.82) is 0 Å². The summed E-state index contributed by atoms with van der Waals surface area (Å²) >= 11 is 0. The number of hydrogen-bond acceptors (Lipinski definition) is 4. The maximum atomic E-state index is 13.2. The van der Waals surface area contributed by atoms with Crippen LogP contribution >= 0.6 is 0 Å². The first-order valence-electron chi connectivity index (χ1n) is 6.42. The highest BCUT2D eigenvalue weighted by atomic mass is 19.4. The molecule has 0 fully saturated rings. The molecule has 0 saturated heterocycles. The predicted molar refractivity (Wildman–Crippen MR) is 75.7 cm³/mol. The molecule has 0 unspecified atom stereocenters. The minimum absolute atomic E-state index is 0.0327. The van der Waals surface area contributed by atoms with Crippen molar-refractivity contribution in [2.45, 2.75) is 6.18 Å². The Balaban J connectivity index is 2.52. The van der Waals surface area contributed by atoms with Gasteiger partial charge >= 0.3 is 6.18 Å². The molecule has 0 aliphatic heterocycles. The fourth-order valence-corrected chi connectivity index (χ4v) is 2.03. The second kappa shape index (κ2) is 6.18. The molecular formula is C14H14F3N3O2. The number of nitrogens with one attached hydrogen (secondary N) is 1. The molecule has 2 N–H and O–H groups in total. The van der Waals surface area contributed by atoms with Crippen LogP contribution in [0.15, 0.2) is 35.1 Å². The highest BCUT2D eigenvalue weighted by Crippen LogP contribution is 2.38. The molecule has 0 radical (unpaired) electrons. The Kier molecular flexibility index (Phi) is 4.51. The molecule has 0 bridgehead atoms. The average Bonchev–Trinajstić information content (AvgIpc) is 2.47. The van der Waals surface area contributed by atoms with E-state index in [0.717, 1.165) is 6.07 Å². The summed E-state index contributed by atoms with van der Waals surface area (Å²) in [6.07, 6.45) is -4.54. The standard InChI is InChI=1S/C14H14F3N3O2/c1-20(6-7-21)12-4-2-9(8-10(12)14(15,16)17)11-3-5-13(22)19-18-11/h2-5,8,21H,6-7H2,1H3,(H,19,22). The molecule has 8 heteroatoms. The molecule has 2 aromatic rings. The lowest BCUT2D eigenvalue weighted by atomic mass is 10.0. The molecule has 118 valence electrons. The number of aromatic amines is 1. The molecule has 0 aliphatic rings. The van der Waals surface area contributed by atoms with Gasteiger partial charge in [0.25, 0.3) is 5.56 Å². The van der Waals surface area contributed by atoms with Crippen LogP contribution in [0.4, 0.5) is 18.9 Å². The molecular weight excluding hydrogens is 299 g/mol. The number of aliphatic hydroxyl groups excluding tert-OH is 1. The SMILES string of the molecule is CN(CCO)c1ccc(-c2ccc(=O)[nH]n2)cc1C(F)(F)F. The Bertz CT molecular complexity index is 693. The van der Waals surface area contributed by atoms with E-state index in [1.54, 1.807) is 0 Å². The van der Waals surface area contributed by atoms with Gasteiger partial charge in [0.1, 0.15) is 0 Å². The fraction of sp³-hybridized carbons (Fsp3) is 0.286. The number of anilines is 1. The Labute approximate surface area is 124 Å². The van der Waals surface area contributed by atoms with E-state index in [0.29, 0.717) is 0 Å². The third-order valence-electron chi connectivity index (χ3n) is 3.12. The largest absolute Gasteiger partial charge is 0.418 e. The summed E-state index contributed by atoms with van der Waals surface area (Å²) in [5.74, 6) is 0. The number of aliphatic hydroxyl groups is 1. The second-order valence-electron chi connectivity index (χ2n) is 4.68. The van der Waals surface area contributed by atoms with Crippen molar-refractivity contribution in [2.75, 3.05) is 25.1 Å². The van der Waals surface area contributed by atoms with E-state index < -0.39 is 17.3 Å². The highest BCUT2D eigenvalue weighted by molar-refractivity contribution is 5.67. The van der Waals surface area contributed by atoms with Gasteiger partial charge in [-0.15, -0.1) is 0 Å². The summed E-state index contributed by atoms with van der Waals surface area (Å²) in [6.45, 7) is -0.170. The van der Waals surface area contributed by atoms with Crippen LogP contribution in [0.1, 0.15) is 5.56 Å². The van der Waals surface area contributed by atoms with Crippen molar-refractivity contribution in [3.63, 3.8) is 0 Å². The molecule has 0 atom stereocenters. The third kappa shape index (κ3) is 3.45. The first-order chi connectivity index (χ1) is 10.3. The number of alkyl halides is 3. The van der Waals surface area contributed by atoms with Crippen molar-refractivity contribution in [1.82, 2.24) is 10.2 Å². The summed E-state index contributed by atoms with van der Waals surface area (Å²) < 4.78 is 39.7. The van der Waals surface area contributed by atoms with Crippen LogP contribution in [-0.4, -0.2) is 35.5 Å². The van der Waals surface area contributed by atoms with Crippen LogP contribution in [0.3, 0.4) is 0 Å². The van der Waals surface area contributed by atoms with E-state index in [4.69, 9.17) is 5.11 Å². The summed E-state index contributed by atoms with van der Waals surface area (Å²) in [5, 5.41) is 14.8. The molecule has 0 amide bonds. The molecule has 0 spiro atoms. The smallest absolute Gasteiger partial charge is 0.395 e. The average molecular weight is 313 g/mol. The molecule has 1 aromatic heterocycles. The molecule has 2 rings (SSSR count). The van der Waals surface area contributed by atoms with Gasteiger partial charge < -0.3 is 10.0 Å². The summed E-state index contributed by atoms with van der Waals surface area (Å²) in [7, 11) is 1.47. The van der Waals surface area contributed by atoms with Gasteiger partial charge in [-0.1, -0.05) is 6.07 Å². The van der Waals surface area contributed by atoms with Crippen molar-refractivity contribution in [2.24, 2.45) is 0 Å². The lowest BCUT2D eigenvalue weighted by Crippen LogP contribution is -2.24. The number of rotatable bonds is 4. The molecule has 5 nitrogen and oxygen atoms in total. The van der Waals surface area contributed by atoms with Crippen LogP contribution in [-0.2, 0) is 6.18 Å². The Morgan fingerprint density at radius 1 is 1.27 bits per heavy atom. The lowest BCUT2D eigenvalue weighted by molar-refractivity contribution is -0.137. The van der Waals surface area contributed by atoms with Gasteiger partial charge in [0.2, 0.25) is 0 Å². The maximum Gasteiger partial charge on any atom is 0.418 e. The van der Waals surface area contributed by atoms with Crippen LogP contribution in [0.5, 0.6) is 0 Å². The summed E-state index contributed by atoms with van der Waals surface area (Å²) in [4.78, 5) is 12.3.